The van der Waals surface area contributed by atoms with E-state index in [9.17, 15) is 4.79 Å². The number of benzene rings is 2. The molecule has 130 valence electrons. The number of fused-ring (bicyclic) bond motifs is 1. The van der Waals surface area contributed by atoms with Gasteiger partial charge in [0, 0.05) is 12.4 Å². The lowest BCUT2D eigenvalue weighted by atomic mass is 10.2. The van der Waals surface area contributed by atoms with Gasteiger partial charge in [0.1, 0.15) is 5.82 Å². The SMILES string of the molecule is Cc1ccccc1-n1ccnc1SC(C)c1nc2ccccc2c(=O)[nH]1. The van der Waals surface area contributed by atoms with E-state index in [0.29, 0.717) is 16.7 Å². The number of nitrogens with zero attached hydrogens (tertiary/aromatic N) is 3. The van der Waals surface area contributed by atoms with Crippen LogP contribution in [0.5, 0.6) is 0 Å². The van der Waals surface area contributed by atoms with Gasteiger partial charge < -0.3 is 4.98 Å². The average Bonchev–Trinajstić information content (AvgIpc) is 3.10. The normalized spacial score (nSPS) is 12.4. The molecule has 1 unspecified atom stereocenters. The Kier molecular flexibility index (Phi) is 4.34. The molecule has 6 heteroatoms. The van der Waals surface area contributed by atoms with Crippen LogP contribution >= 0.6 is 11.8 Å². The van der Waals surface area contributed by atoms with Crippen LogP contribution in [0.15, 0.2) is 70.9 Å². The molecule has 2 heterocycles. The molecule has 2 aromatic carbocycles. The number of H-pyrrole nitrogens is 1. The first kappa shape index (κ1) is 16.6. The lowest BCUT2D eigenvalue weighted by molar-refractivity contribution is 0.865. The second kappa shape index (κ2) is 6.80. The lowest BCUT2D eigenvalue weighted by Gasteiger charge is -2.14. The molecule has 5 nitrogen and oxygen atoms in total. The second-order valence-corrected chi connectivity index (χ2v) is 7.40. The lowest BCUT2D eigenvalue weighted by Crippen LogP contribution is -2.13. The Morgan fingerprint density at radius 3 is 2.73 bits per heavy atom. The zero-order valence-corrected chi connectivity index (χ0v) is 15.3. The third kappa shape index (κ3) is 3.04. The summed E-state index contributed by atoms with van der Waals surface area (Å²) in [5, 5.41) is 1.43. The maximum absolute atomic E-state index is 12.3. The standard InChI is InChI=1S/C20H18N4OS/c1-13-7-3-6-10-17(13)24-12-11-21-20(24)26-14(2)18-22-16-9-5-4-8-15(16)19(25)23-18/h3-12,14H,1-2H3,(H,22,23,25). The van der Waals surface area contributed by atoms with Gasteiger partial charge in [-0.2, -0.15) is 0 Å². The topological polar surface area (TPSA) is 63.6 Å². The van der Waals surface area contributed by atoms with Crippen molar-refractivity contribution in [1.82, 2.24) is 19.5 Å². The molecule has 2 aromatic heterocycles. The van der Waals surface area contributed by atoms with Crippen LogP contribution in [0.3, 0.4) is 0 Å². The van der Waals surface area contributed by atoms with Crippen molar-refractivity contribution < 1.29 is 0 Å². The van der Waals surface area contributed by atoms with E-state index >= 15 is 0 Å². The van der Waals surface area contributed by atoms with Gasteiger partial charge in [0.25, 0.3) is 5.56 Å². The monoisotopic (exact) mass is 362 g/mol. The molecule has 0 aliphatic rings. The third-order valence-electron chi connectivity index (χ3n) is 4.28. The van der Waals surface area contributed by atoms with Crippen molar-refractivity contribution in [2.24, 2.45) is 0 Å². The summed E-state index contributed by atoms with van der Waals surface area (Å²) in [6.07, 6.45) is 3.74. The van der Waals surface area contributed by atoms with E-state index in [0.717, 1.165) is 10.8 Å². The summed E-state index contributed by atoms with van der Waals surface area (Å²) in [4.78, 5) is 24.3. The summed E-state index contributed by atoms with van der Waals surface area (Å²) in [5.74, 6) is 0.651. The number of para-hydroxylation sites is 2. The van der Waals surface area contributed by atoms with Crippen LogP contribution in [0.1, 0.15) is 23.6 Å². The number of rotatable bonds is 4. The highest BCUT2D eigenvalue weighted by atomic mass is 32.2. The minimum atomic E-state index is -0.111. The molecule has 0 radical (unpaired) electrons. The van der Waals surface area contributed by atoms with Gasteiger partial charge in [-0.05, 0) is 37.6 Å². The molecule has 0 aliphatic heterocycles. The Bertz CT molecular complexity index is 1130. The van der Waals surface area contributed by atoms with Gasteiger partial charge in [-0.3, -0.25) is 9.36 Å². The molecule has 4 aromatic rings. The smallest absolute Gasteiger partial charge is 0.258 e. The largest absolute Gasteiger partial charge is 0.309 e. The molecule has 0 bridgehead atoms. The molecule has 0 amide bonds. The van der Waals surface area contributed by atoms with E-state index < -0.39 is 0 Å². The molecule has 0 fully saturated rings. The predicted octanol–water partition coefficient (Wildman–Crippen LogP) is 4.27. The Morgan fingerprint density at radius 1 is 1.12 bits per heavy atom. The molecule has 0 saturated heterocycles. The van der Waals surface area contributed by atoms with E-state index in [2.05, 4.69) is 38.6 Å². The quantitative estimate of drug-likeness (QED) is 0.551. The molecule has 0 aliphatic carbocycles. The summed E-state index contributed by atoms with van der Waals surface area (Å²) < 4.78 is 2.07. The van der Waals surface area contributed by atoms with E-state index in [1.807, 2.05) is 43.5 Å². The molecular formula is C20H18N4OS. The highest BCUT2D eigenvalue weighted by Gasteiger charge is 2.16. The summed E-state index contributed by atoms with van der Waals surface area (Å²) >= 11 is 1.57. The molecular weight excluding hydrogens is 344 g/mol. The van der Waals surface area contributed by atoms with Crippen LogP contribution in [-0.4, -0.2) is 19.5 Å². The fourth-order valence-corrected chi connectivity index (χ4v) is 3.84. The highest BCUT2D eigenvalue weighted by molar-refractivity contribution is 7.99. The first-order valence-corrected chi connectivity index (χ1v) is 9.26. The van der Waals surface area contributed by atoms with Crippen molar-refractivity contribution in [3.05, 3.63) is 82.7 Å². The number of thioether (sulfide) groups is 1. The van der Waals surface area contributed by atoms with E-state index in [1.54, 1.807) is 24.0 Å². The second-order valence-electron chi connectivity index (χ2n) is 6.09. The Balaban J connectivity index is 1.68. The van der Waals surface area contributed by atoms with Crippen molar-refractivity contribution in [2.45, 2.75) is 24.3 Å². The number of aromatic nitrogens is 4. The van der Waals surface area contributed by atoms with Crippen molar-refractivity contribution in [3.63, 3.8) is 0 Å². The van der Waals surface area contributed by atoms with Crippen LogP contribution in [0.25, 0.3) is 16.6 Å². The van der Waals surface area contributed by atoms with Gasteiger partial charge in [-0.15, -0.1) is 0 Å². The Hall–Kier alpha value is -2.86. The number of imidazole rings is 1. The van der Waals surface area contributed by atoms with Gasteiger partial charge in [-0.1, -0.05) is 42.1 Å². The molecule has 0 saturated carbocycles. The highest BCUT2D eigenvalue weighted by Crippen LogP contribution is 2.33. The average molecular weight is 362 g/mol. The van der Waals surface area contributed by atoms with E-state index in [4.69, 9.17) is 0 Å². The summed E-state index contributed by atoms with van der Waals surface area (Å²) in [6, 6.07) is 15.6. The van der Waals surface area contributed by atoms with Crippen LogP contribution < -0.4 is 5.56 Å². The number of hydrogen-bond acceptors (Lipinski definition) is 4. The van der Waals surface area contributed by atoms with Crippen LogP contribution in [0, 0.1) is 6.92 Å². The molecule has 0 spiro atoms. The van der Waals surface area contributed by atoms with Crippen LogP contribution in [0.2, 0.25) is 0 Å². The zero-order chi connectivity index (χ0) is 18.1. The van der Waals surface area contributed by atoms with Crippen molar-refractivity contribution in [2.75, 3.05) is 0 Å². The minimum absolute atomic E-state index is 0.0440. The van der Waals surface area contributed by atoms with E-state index in [1.165, 1.54) is 5.56 Å². The summed E-state index contributed by atoms with van der Waals surface area (Å²) in [7, 11) is 0. The maximum atomic E-state index is 12.3. The van der Waals surface area contributed by atoms with Crippen LogP contribution in [-0.2, 0) is 0 Å². The zero-order valence-electron chi connectivity index (χ0n) is 14.5. The van der Waals surface area contributed by atoms with Gasteiger partial charge in [0.2, 0.25) is 0 Å². The number of hydrogen-bond donors (Lipinski definition) is 1. The summed E-state index contributed by atoms with van der Waals surface area (Å²) in [5.41, 5.74) is 2.87. The molecule has 1 atom stereocenters. The first-order valence-electron chi connectivity index (χ1n) is 8.38. The third-order valence-corrected chi connectivity index (χ3v) is 5.37. The number of aromatic amines is 1. The summed E-state index contributed by atoms with van der Waals surface area (Å²) in [6.45, 7) is 4.10. The first-order chi connectivity index (χ1) is 12.6. The van der Waals surface area contributed by atoms with Crippen molar-refractivity contribution in [3.8, 4) is 5.69 Å². The van der Waals surface area contributed by atoms with Crippen molar-refractivity contribution in [1.29, 1.82) is 0 Å². The predicted molar refractivity (Wildman–Crippen MR) is 105 cm³/mol. The molecule has 26 heavy (non-hydrogen) atoms. The number of aryl methyl sites for hydroxylation is 1. The Morgan fingerprint density at radius 2 is 1.88 bits per heavy atom. The number of nitrogens with one attached hydrogen (secondary N) is 1. The minimum Gasteiger partial charge on any atom is -0.309 e. The molecule has 1 N–H and O–H groups in total. The van der Waals surface area contributed by atoms with E-state index in [-0.39, 0.29) is 10.8 Å². The fourth-order valence-electron chi connectivity index (χ4n) is 2.90. The fraction of sp³-hybridized carbons (Fsp3) is 0.150. The molecule has 4 rings (SSSR count). The van der Waals surface area contributed by atoms with Gasteiger partial charge in [0.15, 0.2) is 5.16 Å². The van der Waals surface area contributed by atoms with Gasteiger partial charge in [0.05, 0.1) is 21.8 Å². The maximum Gasteiger partial charge on any atom is 0.258 e. The van der Waals surface area contributed by atoms with Gasteiger partial charge >= 0.3 is 0 Å². The van der Waals surface area contributed by atoms with Gasteiger partial charge in [-0.25, -0.2) is 9.97 Å². The van der Waals surface area contributed by atoms with Crippen LogP contribution in [0.4, 0.5) is 0 Å². The van der Waals surface area contributed by atoms with Crippen molar-refractivity contribution >= 4 is 22.7 Å². The Labute approximate surface area is 155 Å².